The van der Waals surface area contributed by atoms with Crippen molar-refractivity contribution in [3.8, 4) is 0 Å². The summed E-state index contributed by atoms with van der Waals surface area (Å²) in [4.78, 5) is 42.8. The molecule has 138 valence electrons. The number of carbonyl (C=O) groups excluding carboxylic acids is 1. The SMILES string of the molecule is CO[C@@H]1CC[C@@]2(OC)CCN(C(=O)Cc3c(C)[nH]c(=O)[nH]c3=O)[C@H]2C1. The zero-order valence-electron chi connectivity index (χ0n) is 14.9. The highest BCUT2D eigenvalue weighted by atomic mass is 16.5. The maximum atomic E-state index is 12.9. The van der Waals surface area contributed by atoms with Crippen molar-refractivity contribution in [3.05, 3.63) is 32.1 Å². The van der Waals surface area contributed by atoms with Crippen LogP contribution in [0.1, 0.15) is 36.9 Å². The number of nitrogens with zero attached hydrogens (tertiary/aromatic N) is 1. The largest absolute Gasteiger partial charge is 0.381 e. The van der Waals surface area contributed by atoms with Crippen LogP contribution < -0.4 is 11.2 Å². The smallest absolute Gasteiger partial charge is 0.325 e. The highest BCUT2D eigenvalue weighted by molar-refractivity contribution is 5.79. The van der Waals surface area contributed by atoms with Crippen molar-refractivity contribution in [2.75, 3.05) is 20.8 Å². The fraction of sp³-hybridized carbons (Fsp3) is 0.706. The first-order chi connectivity index (χ1) is 11.9. The number of hydrogen-bond donors (Lipinski definition) is 2. The second kappa shape index (κ2) is 6.76. The summed E-state index contributed by atoms with van der Waals surface area (Å²) >= 11 is 0. The molecule has 1 saturated carbocycles. The molecule has 2 heterocycles. The summed E-state index contributed by atoms with van der Waals surface area (Å²) in [5, 5.41) is 0. The van der Waals surface area contributed by atoms with Gasteiger partial charge in [-0.3, -0.25) is 14.6 Å². The van der Waals surface area contributed by atoms with E-state index in [0.29, 0.717) is 17.8 Å². The van der Waals surface area contributed by atoms with Crippen molar-refractivity contribution in [1.29, 1.82) is 0 Å². The van der Waals surface area contributed by atoms with Crippen LogP contribution >= 0.6 is 0 Å². The number of H-pyrrole nitrogens is 2. The van der Waals surface area contributed by atoms with Crippen molar-refractivity contribution in [1.82, 2.24) is 14.9 Å². The van der Waals surface area contributed by atoms with Crippen LogP contribution in [0, 0.1) is 6.92 Å². The number of aryl methyl sites for hydroxylation is 1. The molecule has 1 aliphatic carbocycles. The summed E-state index contributed by atoms with van der Waals surface area (Å²) < 4.78 is 11.3. The van der Waals surface area contributed by atoms with E-state index >= 15 is 0 Å². The molecule has 2 N–H and O–H groups in total. The van der Waals surface area contributed by atoms with Gasteiger partial charge in [0.05, 0.1) is 24.2 Å². The topological polar surface area (TPSA) is 104 Å². The van der Waals surface area contributed by atoms with Crippen LogP contribution in [-0.2, 0) is 20.7 Å². The van der Waals surface area contributed by atoms with Gasteiger partial charge in [0.2, 0.25) is 5.91 Å². The number of methoxy groups -OCH3 is 2. The summed E-state index contributed by atoms with van der Waals surface area (Å²) in [5.74, 6) is -0.124. The predicted octanol–water partition coefficient (Wildman–Crippen LogP) is 0.0991. The maximum Gasteiger partial charge on any atom is 0.325 e. The number of fused-ring (bicyclic) bond motifs is 1. The zero-order valence-corrected chi connectivity index (χ0v) is 14.9. The Labute approximate surface area is 145 Å². The van der Waals surface area contributed by atoms with Gasteiger partial charge in [0.1, 0.15) is 0 Å². The van der Waals surface area contributed by atoms with E-state index in [1.165, 1.54) is 0 Å². The monoisotopic (exact) mass is 351 g/mol. The minimum atomic E-state index is -0.562. The highest BCUT2D eigenvalue weighted by Gasteiger charge is 2.52. The quantitative estimate of drug-likeness (QED) is 0.800. The first-order valence-corrected chi connectivity index (χ1v) is 8.59. The van der Waals surface area contributed by atoms with Gasteiger partial charge in [0.15, 0.2) is 0 Å². The number of hydrogen-bond acceptors (Lipinski definition) is 5. The summed E-state index contributed by atoms with van der Waals surface area (Å²) in [5.41, 5.74) is -0.660. The Bertz CT molecular complexity index is 770. The first kappa shape index (κ1) is 17.9. The maximum absolute atomic E-state index is 12.9. The second-order valence-electron chi connectivity index (χ2n) is 6.94. The minimum Gasteiger partial charge on any atom is -0.381 e. The van der Waals surface area contributed by atoms with Gasteiger partial charge in [-0.1, -0.05) is 0 Å². The van der Waals surface area contributed by atoms with Gasteiger partial charge in [-0.2, -0.15) is 0 Å². The van der Waals surface area contributed by atoms with E-state index in [2.05, 4.69) is 9.97 Å². The standard InChI is InChI=1S/C17H25N3O5/c1-10-12(15(22)19-16(23)18-10)9-14(21)20-7-6-17(25-3)5-4-11(24-2)8-13(17)20/h11,13H,4-9H2,1-3H3,(H2,18,19,22,23)/t11-,13+,17-/m1/s1. The summed E-state index contributed by atoms with van der Waals surface area (Å²) in [7, 11) is 3.39. The fourth-order valence-corrected chi connectivity index (χ4v) is 4.27. The fourth-order valence-electron chi connectivity index (χ4n) is 4.27. The number of aromatic nitrogens is 2. The van der Waals surface area contributed by atoms with E-state index in [0.717, 1.165) is 25.7 Å². The number of likely N-dealkylation sites (tertiary alicyclic amines) is 1. The summed E-state index contributed by atoms with van der Waals surface area (Å²) in [6.07, 6.45) is 3.37. The molecule has 25 heavy (non-hydrogen) atoms. The van der Waals surface area contributed by atoms with Crippen LogP contribution in [0.4, 0.5) is 0 Å². The molecule has 0 aromatic carbocycles. The van der Waals surface area contributed by atoms with Gasteiger partial charge in [0.25, 0.3) is 5.56 Å². The van der Waals surface area contributed by atoms with Crippen molar-refractivity contribution >= 4 is 5.91 Å². The Balaban J connectivity index is 1.83. The highest BCUT2D eigenvalue weighted by Crippen LogP contribution is 2.43. The van der Waals surface area contributed by atoms with Crippen LogP contribution in [0.2, 0.25) is 0 Å². The van der Waals surface area contributed by atoms with Gasteiger partial charge in [0, 0.05) is 32.0 Å². The lowest BCUT2D eigenvalue weighted by Crippen LogP contribution is -2.53. The van der Waals surface area contributed by atoms with Gasteiger partial charge < -0.3 is 19.4 Å². The predicted molar refractivity (Wildman–Crippen MR) is 90.6 cm³/mol. The van der Waals surface area contributed by atoms with Crippen LogP contribution in [0.5, 0.6) is 0 Å². The molecule has 2 fully saturated rings. The first-order valence-electron chi connectivity index (χ1n) is 8.59. The van der Waals surface area contributed by atoms with Gasteiger partial charge in [-0.05, 0) is 32.6 Å². The molecule has 1 aromatic rings. The van der Waals surface area contributed by atoms with Crippen LogP contribution in [-0.4, -0.2) is 59.3 Å². The third-order valence-corrected chi connectivity index (χ3v) is 5.78. The van der Waals surface area contributed by atoms with E-state index < -0.39 is 11.2 Å². The molecule has 1 saturated heterocycles. The zero-order chi connectivity index (χ0) is 18.2. The second-order valence-corrected chi connectivity index (χ2v) is 6.94. The number of nitrogens with one attached hydrogen (secondary N) is 2. The minimum absolute atomic E-state index is 0.0358. The molecule has 0 radical (unpaired) electrons. The molecule has 0 bridgehead atoms. The molecule has 1 aliphatic heterocycles. The Morgan fingerprint density at radius 3 is 2.68 bits per heavy atom. The molecule has 2 aliphatic rings. The number of aromatic amines is 2. The Morgan fingerprint density at radius 2 is 2.04 bits per heavy atom. The number of rotatable bonds is 4. The molecular formula is C17H25N3O5. The number of carbonyl (C=O) groups is 1. The van der Waals surface area contributed by atoms with Crippen LogP contribution in [0.15, 0.2) is 9.59 Å². The average Bonchev–Trinajstić information content (AvgIpc) is 2.97. The normalized spacial score (nSPS) is 28.8. The Kier molecular flexibility index (Phi) is 4.83. The molecule has 3 atom stereocenters. The Morgan fingerprint density at radius 1 is 1.28 bits per heavy atom. The van der Waals surface area contributed by atoms with Gasteiger partial charge >= 0.3 is 5.69 Å². The molecular weight excluding hydrogens is 326 g/mol. The lowest BCUT2D eigenvalue weighted by Gasteiger charge is -2.43. The third-order valence-electron chi connectivity index (χ3n) is 5.78. The van der Waals surface area contributed by atoms with Gasteiger partial charge in [-0.25, -0.2) is 4.79 Å². The van der Waals surface area contributed by atoms with E-state index in [1.54, 1.807) is 21.1 Å². The van der Waals surface area contributed by atoms with Crippen LogP contribution in [0.3, 0.4) is 0 Å². The number of amides is 1. The average molecular weight is 351 g/mol. The molecule has 0 unspecified atom stereocenters. The third kappa shape index (κ3) is 3.16. The van der Waals surface area contributed by atoms with E-state index in [1.807, 2.05) is 4.90 Å². The van der Waals surface area contributed by atoms with Crippen molar-refractivity contribution in [2.45, 2.75) is 56.8 Å². The summed E-state index contributed by atoms with van der Waals surface area (Å²) in [6.45, 7) is 2.23. The van der Waals surface area contributed by atoms with Gasteiger partial charge in [-0.15, -0.1) is 0 Å². The molecule has 8 heteroatoms. The summed E-state index contributed by atoms with van der Waals surface area (Å²) in [6, 6.07) is -0.0501. The molecule has 1 aromatic heterocycles. The van der Waals surface area contributed by atoms with E-state index in [4.69, 9.17) is 9.47 Å². The van der Waals surface area contributed by atoms with E-state index in [-0.39, 0.29) is 30.1 Å². The lowest BCUT2D eigenvalue weighted by molar-refractivity contribution is -0.140. The Hall–Kier alpha value is -1.93. The van der Waals surface area contributed by atoms with Crippen molar-refractivity contribution in [3.63, 3.8) is 0 Å². The van der Waals surface area contributed by atoms with Crippen molar-refractivity contribution in [2.24, 2.45) is 0 Å². The van der Waals surface area contributed by atoms with Crippen molar-refractivity contribution < 1.29 is 14.3 Å². The molecule has 0 spiro atoms. The molecule has 8 nitrogen and oxygen atoms in total. The van der Waals surface area contributed by atoms with Crippen LogP contribution in [0.25, 0.3) is 0 Å². The molecule has 1 amide bonds. The lowest BCUT2D eigenvalue weighted by atomic mass is 9.79. The van der Waals surface area contributed by atoms with E-state index in [9.17, 15) is 14.4 Å². The number of ether oxygens (including phenoxy) is 2. The molecule has 3 rings (SSSR count).